The lowest BCUT2D eigenvalue weighted by Gasteiger charge is -2.28. The Bertz CT molecular complexity index is 819. The van der Waals surface area contributed by atoms with E-state index in [9.17, 15) is 40.6 Å². The third-order valence-corrected chi connectivity index (χ3v) is 6.66. The van der Waals surface area contributed by atoms with Crippen LogP contribution < -0.4 is 0 Å². The fourth-order valence-corrected chi connectivity index (χ4v) is 4.91. The Balaban J connectivity index is 2.19. The van der Waals surface area contributed by atoms with Gasteiger partial charge >= 0.3 is 5.51 Å². The van der Waals surface area contributed by atoms with Crippen LogP contribution in [0.5, 0.6) is 0 Å². The van der Waals surface area contributed by atoms with Crippen molar-refractivity contribution < 1.29 is 40.6 Å². The van der Waals surface area contributed by atoms with Crippen LogP contribution in [0.25, 0.3) is 0 Å². The molecule has 3 atom stereocenters. The van der Waals surface area contributed by atoms with Crippen molar-refractivity contribution in [3.05, 3.63) is 28.8 Å². The Morgan fingerprint density at radius 2 is 1.77 bits per heavy atom. The first-order valence-corrected chi connectivity index (χ1v) is 9.55. The summed E-state index contributed by atoms with van der Waals surface area (Å²) in [5.74, 6) is -4.14. The van der Waals surface area contributed by atoms with Crippen LogP contribution in [0.3, 0.4) is 0 Å². The van der Waals surface area contributed by atoms with Crippen molar-refractivity contribution >= 4 is 9.84 Å². The molecule has 0 spiro atoms. The van der Waals surface area contributed by atoms with E-state index < -0.39 is 50.4 Å². The second-order valence-electron chi connectivity index (χ2n) is 6.85. The second kappa shape index (κ2) is 6.13. The SMILES string of the molecule is O=S(=O)(c1ccc([C@@H]2CCC[C@@H](O)C2)c2c1C(O)C(F)(F)C2)C(F)(F)F. The summed E-state index contributed by atoms with van der Waals surface area (Å²) in [4.78, 5) is -1.33. The van der Waals surface area contributed by atoms with Gasteiger partial charge in [-0.2, -0.15) is 13.2 Å². The number of hydrogen-bond donors (Lipinski definition) is 2. The van der Waals surface area contributed by atoms with Gasteiger partial charge in [0.05, 0.1) is 11.0 Å². The number of aliphatic hydroxyl groups is 2. The molecule has 0 saturated heterocycles. The quantitative estimate of drug-likeness (QED) is 0.748. The van der Waals surface area contributed by atoms with Gasteiger partial charge in [0, 0.05) is 12.0 Å². The third kappa shape index (κ3) is 3.01. The molecule has 0 aliphatic heterocycles. The Labute approximate surface area is 146 Å². The van der Waals surface area contributed by atoms with Gasteiger partial charge in [-0.25, -0.2) is 17.2 Å². The van der Waals surface area contributed by atoms with E-state index >= 15 is 0 Å². The van der Waals surface area contributed by atoms with Crippen LogP contribution in [0.2, 0.25) is 0 Å². The summed E-state index contributed by atoms with van der Waals surface area (Å²) in [6.07, 6.45) is -2.38. The largest absolute Gasteiger partial charge is 0.501 e. The minimum atomic E-state index is -5.89. The maximum Gasteiger partial charge on any atom is 0.501 e. The van der Waals surface area contributed by atoms with E-state index in [4.69, 9.17) is 0 Å². The molecule has 1 aromatic carbocycles. The van der Waals surface area contributed by atoms with Crippen molar-refractivity contribution in [3.63, 3.8) is 0 Å². The van der Waals surface area contributed by atoms with Gasteiger partial charge < -0.3 is 10.2 Å². The fraction of sp³-hybridized carbons (Fsp3) is 0.625. The summed E-state index contributed by atoms with van der Waals surface area (Å²) in [6.45, 7) is 0. The lowest BCUT2D eigenvalue weighted by molar-refractivity contribution is -0.0978. The molecule has 0 radical (unpaired) electrons. The highest BCUT2D eigenvalue weighted by Gasteiger charge is 2.55. The van der Waals surface area contributed by atoms with Gasteiger partial charge in [-0.15, -0.1) is 0 Å². The van der Waals surface area contributed by atoms with Gasteiger partial charge in [0.2, 0.25) is 0 Å². The molecule has 4 nitrogen and oxygen atoms in total. The Morgan fingerprint density at radius 3 is 2.35 bits per heavy atom. The van der Waals surface area contributed by atoms with Crippen molar-refractivity contribution in [2.75, 3.05) is 0 Å². The number of alkyl halides is 5. The van der Waals surface area contributed by atoms with Gasteiger partial charge in [0.15, 0.2) is 0 Å². The van der Waals surface area contributed by atoms with Crippen molar-refractivity contribution in [3.8, 4) is 0 Å². The Morgan fingerprint density at radius 1 is 1.12 bits per heavy atom. The zero-order chi connectivity index (χ0) is 19.5. The molecule has 146 valence electrons. The first-order valence-electron chi connectivity index (χ1n) is 8.07. The molecular weight excluding hydrogens is 383 g/mol. The molecule has 1 unspecified atom stereocenters. The summed E-state index contributed by atoms with van der Waals surface area (Å²) >= 11 is 0. The summed E-state index contributed by atoms with van der Waals surface area (Å²) in [5.41, 5.74) is -6.52. The van der Waals surface area contributed by atoms with E-state index in [2.05, 4.69) is 0 Å². The van der Waals surface area contributed by atoms with Crippen LogP contribution in [-0.2, 0) is 16.3 Å². The number of benzene rings is 1. The fourth-order valence-electron chi connectivity index (χ4n) is 3.89. The topological polar surface area (TPSA) is 74.6 Å². The van der Waals surface area contributed by atoms with E-state index in [0.29, 0.717) is 25.3 Å². The molecule has 2 aliphatic carbocycles. The number of aliphatic hydroxyl groups excluding tert-OH is 2. The van der Waals surface area contributed by atoms with Crippen LogP contribution >= 0.6 is 0 Å². The van der Waals surface area contributed by atoms with E-state index in [1.54, 1.807) is 0 Å². The zero-order valence-corrected chi connectivity index (χ0v) is 14.2. The predicted molar refractivity (Wildman–Crippen MR) is 80.5 cm³/mol. The summed E-state index contributed by atoms with van der Waals surface area (Å²) in [6, 6.07) is 1.75. The molecule has 3 rings (SSSR count). The number of sulfone groups is 1. The summed E-state index contributed by atoms with van der Waals surface area (Å²) in [7, 11) is -5.89. The van der Waals surface area contributed by atoms with Crippen LogP contribution in [-0.4, -0.2) is 36.2 Å². The zero-order valence-electron chi connectivity index (χ0n) is 13.4. The van der Waals surface area contributed by atoms with Crippen LogP contribution in [0.4, 0.5) is 22.0 Å². The number of hydrogen-bond acceptors (Lipinski definition) is 4. The first kappa shape index (κ1) is 19.5. The minimum absolute atomic E-state index is 0.249. The molecule has 1 aromatic rings. The Kier molecular flexibility index (Phi) is 4.60. The maximum atomic E-state index is 14.0. The van der Waals surface area contributed by atoms with E-state index in [1.807, 2.05) is 0 Å². The van der Waals surface area contributed by atoms with Crippen molar-refractivity contribution in [2.45, 2.75) is 66.6 Å². The molecule has 1 saturated carbocycles. The van der Waals surface area contributed by atoms with E-state index in [0.717, 1.165) is 6.07 Å². The van der Waals surface area contributed by atoms with Crippen LogP contribution in [0.15, 0.2) is 17.0 Å². The van der Waals surface area contributed by atoms with Crippen molar-refractivity contribution in [1.82, 2.24) is 0 Å². The standard InChI is InChI=1S/C16H17F5O4S/c17-15(18)7-11-10(8-2-1-3-9(22)6-8)4-5-12(13(11)14(15)23)26(24,25)16(19,20)21/h4-5,8-9,14,22-23H,1-3,6-7H2/t8-,9-,14?/m1/s1. The molecule has 0 amide bonds. The summed E-state index contributed by atoms with van der Waals surface area (Å²) in [5, 5.41) is 19.7. The molecular formula is C16H17F5O4S. The van der Waals surface area contributed by atoms with Crippen molar-refractivity contribution in [2.24, 2.45) is 0 Å². The number of halogens is 5. The van der Waals surface area contributed by atoms with Gasteiger partial charge in [0.25, 0.3) is 15.8 Å². The lowest BCUT2D eigenvalue weighted by atomic mass is 9.80. The van der Waals surface area contributed by atoms with Gasteiger partial charge in [-0.3, -0.25) is 0 Å². The number of rotatable bonds is 2. The molecule has 2 N–H and O–H groups in total. The molecule has 0 aromatic heterocycles. The summed E-state index contributed by atoms with van der Waals surface area (Å²) < 4.78 is 90.4. The second-order valence-corrected chi connectivity index (χ2v) is 8.76. The molecule has 26 heavy (non-hydrogen) atoms. The smallest absolute Gasteiger partial charge is 0.393 e. The van der Waals surface area contributed by atoms with Crippen LogP contribution in [0.1, 0.15) is 54.4 Å². The molecule has 0 bridgehead atoms. The highest BCUT2D eigenvalue weighted by atomic mass is 32.2. The average molecular weight is 400 g/mol. The lowest BCUT2D eigenvalue weighted by Crippen LogP contribution is -2.27. The van der Waals surface area contributed by atoms with Gasteiger partial charge in [0.1, 0.15) is 6.10 Å². The van der Waals surface area contributed by atoms with E-state index in [1.165, 1.54) is 0 Å². The maximum absolute atomic E-state index is 14.0. The van der Waals surface area contributed by atoms with Crippen LogP contribution in [0, 0.1) is 0 Å². The average Bonchev–Trinajstić information content (AvgIpc) is 2.75. The van der Waals surface area contributed by atoms with E-state index in [-0.39, 0.29) is 23.5 Å². The van der Waals surface area contributed by atoms with Crippen molar-refractivity contribution in [1.29, 1.82) is 0 Å². The highest BCUT2D eigenvalue weighted by Crippen LogP contribution is 2.51. The highest BCUT2D eigenvalue weighted by molar-refractivity contribution is 7.92. The first-order chi connectivity index (χ1) is 11.9. The number of fused-ring (bicyclic) bond motifs is 1. The molecule has 10 heteroatoms. The van der Waals surface area contributed by atoms with Gasteiger partial charge in [-0.05, 0) is 42.4 Å². The molecule has 0 heterocycles. The Hall–Kier alpha value is -1.26. The van der Waals surface area contributed by atoms with Gasteiger partial charge in [-0.1, -0.05) is 12.5 Å². The monoisotopic (exact) mass is 400 g/mol. The normalized spacial score (nSPS) is 28.8. The minimum Gasteiger partial charge on any atom is -0.393 e. The molecule has 1 fully saturated rings. The third-order valence-electron chi connectivity index (χ3n) is 5.12. The molecule has 2 aliphatic rings. The predicted octanol–water partition coefficient (Wildman–Crippen LogP) is 3.22.